The van der Waals surface area contributed by atoms with Gasteiger partial charge in [-0.3, -0.25) is 4.68 Å². The summed E-state index contributed by atoms with van der Waals surface area (Å²) < 4.78 is 9.66. The zero-order chi connectivity index (χ0) is 14.8. The van der Waals surface area contributed by atoms with Gasteiger partial charge in [0.2, 0.25) is 0 Å². The fourth-order valence-electron chi connectivity index (χ4n) is 2.58. The maximum Gasteiger partial charge on any atom is 0.128 e. The third-order valence-electron chi connectivity index (χ3n) is 4.03. The summed E-state index contributed by atoms with van der Waals surface area (Å²) in [6.07, 6.45) is 5.25. The van der Waals surface area contributed by atoms with E-state index in [-0.39, 0.29) is 0 Å². The van der Waals surface area contributed by atoms with E-state index in [0.29, 0.717) is 6.04 Å². The summed E-state index contributed by atoms with van der Waals surface area (Å²) in [6.45, 7) is 5.14. The zero-order valence-corrected chi connectivity index (χ0v) is 12.8. The smallest absolute Gasteiger partial charge is 0.128 e. The minimum absolute atomic E-state index is 0.445. The van der Waals surface area contributed by atoms with E-state index in [1.807, 2.05) is 16.8 Å². The fourth-order valence-corrected chi connectivity index (χ4v) is 2.58. The SMILES string of the molecule is CCC(C)n1ccc(Cn2ccc3c(OC)cccc32)n1. The Balaban J connectivity index is 1.90. The van der Waals surface area contributed by atoms with Gasteiger partial charge in [-0.2, -0.15) is 5.10 Å². The van der Waals surface area contributed by atoms with E-state index in [0.717, 1.165) is 29.8 Å². The van der Waals surface area contributed by atoms with Crippen LogP contribution in [0.2, 0.25) is 0 Å². The van der Waals surface area contributed by atoms with Crippen LogP contribution in [0.3, 0.4) is 0 Å². The molecule has 1 aromatic carbocycles. The van der Waals surface area contributed by atoms with Gasteiger partial charge in [-0.05, 0) is 37.6 Å². The molecule has 0 fully saturated rings. The van der Waals surface area contributed by atoms with Crippen molar-refractivity contribution in [3.05, 3.63) is 48.4 Å². The quantitative estimate of drug-likeness (QED) is 0.712. The molecule has 4 heteroatoms. The Labute approximate surface area is 124 Å². The fraction of sp³-hybridized carbons (Fsp3) is 0.353. The van der Waals surface area contributed by atoms with Crippen molar-refractivity contribution in [3.8, 4) is 5.75 Å². The molecule has 2 heterocycles. The molecule has 0 saturated carbocycles. The Bertz CT molecular complexity index is 741. The molecule has 0 aliphatic rings. The van der Waals surface area contributed by atoms with Crippen LogP contribution in [-0.4, -0.2) is 21.5 Å². The molecule has 3 aromatic rings. The third kappa shape index (κ3) is 2.53. The molecule has 0 bridgehead atoms. The van der Waals surface area contributed by atoms with Crippen molar-refractivity contribution in [2.24, 2.45) is 0 Å². The average Bonchev–Trinajstić information content (AvgIpc) is 3.14. The topological polar surface area (TPSA) is 32.0 Å². The second-order valence-corrected chi connectivity index (χ2v) is 5.38. The zero-order valence-electron chi connectivity index (χ0n) is 12.8. The third-order valence-corrected chi connectivity index (χ3v) is 4.03. The number of benzene rings is 1. The van der Waals surface area contributed by atoms with Crippen LogP contribution in [0.1, 0.15) is 32.0 Å². The highest BCUT2D eigenvalue weighted by Gasteiger charge is 2.09. The predicted molar refractivity (Wildman–Crippen MR) is 84.8 cm³/mol. The van der Waals surface area contributed by atoms with Crippen molar-refractivity contribution in [1.29, 1.82) is 0 Å². The molecule has 4 nitrogen and oxygen atoms in total. The Morgan fingerprint density at radius 1 is 1.19 bits per heavy atom. The van der Waals surface area contributed by atoms with E-state index in [1.165, 1.54) is 5.52 Å². The number of methoxy groups -OCH3 is 1. The van der Waals surface area contributed by atoms with E-state index in [1.54, 1.807) is 7.11 Å². The van der Waals surface area contributed by atoms with Crippen molar-refractivity contribution in [1.82, 2.24) is 14.3 Å². The normalized spacial score (nSPS) is 12.7. The number of hydrogen-bond acceptors (Lipinski definition) is 2. The maximum absolute atomic E-state index is 5.41. The van der Waals surface area contributed by atoms with Crippen LogP contribution < -0.4 is 4.74 Å². The van der Waals surface area contributed by atoms with Gasteiger partial charge in [0, 0.05) is 23.8 Å². The monoisotopic (exact) mass is 283 g/mol. The highest BCUT2D eigenvalue weighted by Crippen LogP contribution is 2.26. The summed E-state index contributed by atoms with van der Waals surface area (Å²) in [7, 11) is 1.71. The second kappa shape index (κ2) is 5.64. The number of rotatable bonds is 5. The Hall–Kier alpha value is -2.23. The minimum Gasteiger partial charge on any atom is -0.496 e. The second-order valence-electron chi connectivity index (χ2n) is 5.38. The molecule has 0 N–H and O–H groups in total. The number of fused-ring (bicyclic) bond motifs is 1. The molecule has 0 aliphatic carbocycles. The lowest BCUT2D eigenvalue weighted by Gasteiger charge is -2.08. The van der Waals surface area contributed by atoms with Crippen LogP contribution in [-0.2, 0) is 6.54 Å². The van der Waals surface area contributed by atoms with Crippen LogP contribution >= 0.6 is 0 Å². The summed E-state index contributed by atoms with van der Waals surface area (Å²) >= 11 is 0. The Morgan fingerprint density at radius 2 is 2.05 bits per heavy atom. The molecule has 0 spiro atoms. The lowest BCUT2D eigenvalue weighted by atomic mass is 10.2. The summed E-state index contributed by atoms with van der Waals surface area (Å²) in [5, 5.41) is 5.81. The molecule has 0 amide bonds. The van der Waals surface area contributed by atoms with Crippen molar-refractivity contribution in [2.75, 3.05) is 7.11 Å². The molecule has 0 radical (unpaired) electrons. The van der Waals surface area contributed by atoms with E-state index in [2.05, 4.69) is 54.1 Å². The number of aromatic nitrogens is 3. The van der Waals surface area contributed by atoms with Gasteiger partial charge in [0.05, 0.1) is 24.9 Å². The van der Waals surface area contributed by atoms with Crippen molar-refractivity contribution in [2.45, 2.75) is 32.9 Å². The number of ether oxygens (including phenoxy) is 1. The first kappa shape index (κ1) is 13.7. The lowest BCUT2D eigenvalue weighted by molar-refractivity contribution is 0.420. The van der Waals surface area contributed by atoms with Crippen LogP contribution in [0.15, 0.2) is 42.7 Å². The van der Waals surface area contributed by atoms with E-state index < -0.39 is 0 Å². The van der Waals surface area contributed by atoms with Crippen LogP contribution in [0.4, 0.5) is 0 Å². The highest BCUT2D eigenvalue weighted by molar-refractivity contribution is 5.86. The molecule has 2 aromatic heterocycles. The predicted octanol–water partition coefficient (Wildman–Crippen LogP) is 3.87. The molecule has 0 aliphatic heterocycles. The largest absolute Gasteiger partial charge is 0.496 e. The van der Waals surface area contributed by atoms with Gasteiger partial charge in [-0.15, -0.1) is 0 Å². The van der Waals surface area contributed by atoms with Gasteiger partial charge in [0.1, 0.15) is 5.75 Å². The number of nitrogens with zero attached hydrogens (tertiary/aromatic N) is 3. The molecule has 3 rings (SSSR count). The Morgan fingerprint density at radius 3 is 2.81 bits per heavy atom. The van der Waals surface area contributed by atoms with Gasteiger partial charge in [-0.1, -0.05) is 13.0 Å². The molecule has 1 atom stereocenters. The average molecular weight is 283 g/mol. The van der Waals surface area contributed by atoms with Gasteiger partial charge < -0.3 is 9.30 Å². The van der Waals surface area contributed by atoms with Crippen LogP contribution in [0.5, 0.6) is 5.75 Å². The van der Waals surface area contributed by atoms with E-state index in [9.17, 15) is 0 Å². The van der Waals surface area contributed by atoms with Crippen LogP contribution in [0.25, 0.3) is 10.9 Å². The van der Waals surface area contributed by atoms with E-state index >= 15 is 0 Å². The molecular weight excluding hydrogens is 262 g/mol. The lowest BCUT2D eigenvalue weighted by Crippen LogP contribution is -2.06. The molecule has 110 valence electrons. The van der Waals surface area contributed by atoms with Gasteiger partial charge in [0.15, 0.2) is 0 Å². The summed E-state index contributed by atoms with van der Waals surface area (Å²) in [4.78, 5) is 0. The van der Waals surface area contributed by atoms with Gasteiger partial charge >= 0.3 is 0 Å². The first-order chi connectivity index (χ1) is 10.2. The van der Waals surface area contributed by atoms with Gasteiger partial charge in [0.25, 0.3) is 0 Å². The van der Waals surface area contributed by atoms with Crippen LogP contribution in [0, 0.1) is 0 Å². The molecule has 1 unspecified atom stereocenters. The molecule has 0 saturated heterocycles. The summed E-state index contributed by atoms with van der Waals surface area (Å²) in [6, 6.07) is 10.8. The highest BCUT2D eigenvalue weighted by atomic mass is 16.5. The summed E-state index contributed by atoms with van der Waals surface area (Å²) in [5.74, 6) is 0.913. The number of hydrogen-bond donors (Lipinski definition) is 0. The first-order valence-electron chi connectivity index (χ1n) is 7.38. The molecule has 21 heavy (non-hydrogen) atoms. The maximum atomic E-state index is 5.41. The first-order valence-corrected chi connectivity index (χ1v) is 7.38. The van der Waals surface area contributed by atoms with E-state index in [4.69, 9.17) is 4.74 Å². The summed E-state index contributed by atoms with van der Waals surface area (Å²) in [5.41, 5.74) is 2.25. The minimum atomic E-state index is 0.445. The van der Waals surface area contributed by atoms with Gasteiger partial charge in [-0.25, -0.2) is 0 Å². The van der Waals surface area contributed by atoms with Crippen molar-refractivity contribution >= 4 is 10.9 Å². The van der Waals surface area contributed by atoms with Crippen molar-refractivity contribution < 1.29 is 4.74 Å². The standard InChI is InChI=1S/C17H21N3O/c1-4-13(2)20-11-8-14(18-20)12-19-10-9-15-16(19)6-5-7-17(15)21-3/h5-11,13H,4,12H2,1-3H3. The van der Waals surface area contributed by atoms with Crippen molar-refractivity contribution in [3.63, 3.8) is 0 Å². The Kier molecular flexibility index (Phi) is 3.69. The molecular formula is C17H21N3O.